The van der Waals surface area contributed by atoms with Gasteiger partial charge in [0.25, 0.3) is 0 Å². The lowest BCUT2D eigenvalue weighted by molar-refractivity contribution is 1.06. The predicted octanol–water partition coefficient (Wildman–Crippen LogP) is 5.04. The van der Waals surface area contributed by atoms with E-state index in [0.717, 1.165) is 4.47 Å². The van der Waals surface area contributed by atoms with Crippen LogP contribution in [-0.2, 0) is 0 Å². The van der Waals surface area contributed by atoms with Gasteiger partial charge in [0.15, 0.2) is 0 Å². The standard InChI is InChI=1S/C13H15BrS/c1-3-10(2)13(8-9-13)15-12-6-4-11(14)5-7-12/h3-7H,8-9H2,1-2H3/b10-3+. The quantitative estimate of drug-likeness (QED) is 0.700. The van der Waals surface area contributed by atoms with Crippen molar-refractivity contribution >= 4 is 27.7 Å². The topological polar surface area (TPSA) is 0 Å². The third kappa shape index (κ3) is 2.48. The summed E-state index contributed by atoms with van der Waals surface area (Å²) in [6.45, 7) is 4.39. The van der Waals surface area contributed by atoms with Gasteiger partial charge >= 0.3 is 0 Å². The molecular formula is C13H15BrS. The molecule has 1 aliphatic carbocycles. The summed E-state index contributed by atoms with van der Waals surface area (Å²) in [5.74, 6) is 0. The van der Waals surface area contributed by atoms with E-state index in [1.165, 1.54) is 23.3 Å². The number of hydrogen-bond donors (Lipinski definition) is 0. The molecule has 1 fully saturated rings. The SMILES string of the molecule is C/C=C(\C)C1(Sc2ccc(Br)cc2)CC1. The highest BCUT2D eigenvalue weighted by molar-refractivity contribution is 9.10. The van der Waals surface area contributed by atoms with Gasteiger partial charge in [-0.1, -0.05) is 27.6 Å². The highest BCUT2D eigenvalue weighted by Crippen LogP contribution is 2.56. The molecule has 0 radical (unpaired) electrons. The van der Waals surface area contributed by atoms with Gasteiger partial charge in [-0.15, -0.1) is 11.8 Å². The van der Waals surface area contributed by atoms with Gasteiger partial charge < -0.3 is 0 Å². The zero-order chi connectivity index (χ0) is 10.9. The molecular weight excluding hydrogens is 268 g/mol. The maximum atomic E-state index is 3.46. The minimum atomic E-state index is 0.419. The molecule has 1 saturated carbocycles. The molecule has 2 heteroatoms. The van der Waals surface area contributed by atoms with E-state index < -0.39 is 0 Å². The molecule has 1 aliphatic rings. The Morgan fingerprint density at radius 3 is 2.40 bits per heavy atom. The molecule has 0 N–H and O–H groups in total. The Morgan fingerprint density at radius 1 is 1.33 bits per heavy atom. The first kappa shape index (κ1) is 11.3. The lowest BCUT2D eigenvalue weighted by atomic mass is 10.2. The Kier molecular flexibility index (Phi) is 3.27. The van der Waals surface area contributed by atoms with Crippen molar-refractivity contribution in [3.05, 3.63) is 40.4 Å². The van der Waals surface area contributed by atoms with Crippen molar-refractivity contribution in [1.82, 2.24) is 0 Å². The zero-order valence-corrected chi connectivity index (χ0v) is 11.5. The first-order chi connectivity index (χ1) is 7.16. The van der Waals surface area contributed by atoms with Crippen LogP contribution in [0.25, 0.3) is 0 Å². The van der Waals surface area contributed by atoms with Gasteiger partial charge in [-0.2, -0.15) is 0 Å². The van der Waals surface area contributed by atoms with E-state index in [-0.39, 0.29) is 0 Å². The van der Waals surface area contributed by atoms with Gasteiger partial charge in [0.05, 0.1) is 0 Å². The third-order valence-electron chi connectivity index (χ3n) is 2.98. The number of rotatable bonds is 3. The van der Waals surface area contributed by atoms with Crippen LogP contribution in [0, 0.1) is 0 Å². The lowest BCUT2D eigenvalue weighted by Gasteiger charge is -2.15. The van der Waals surface area contributed by atoms with Crippen LogP contribution >= 0.6 is 27.7 Å². The minimum Gasteiger partial charge on any atom is -0.115 e. The molecule has 80 valence electrons. The van der Waals surface area contributed by atoms with Crippen LogP contribution in [0.15, 0.2) is 45.3 Å². The summed E-state index contributed by atoms with van der Waals surface area (Å²) in [7, 11) is 0. The fourth-order valence-corrected chi connectivity index (χ4v) is 3.25. The number of hydrogen-bond acceptors (Lipinski definition) is 1. The van der Waals surface area contributed by atoms with Gasteiger partial charge in [0, 0.05) is 14.1 Å². The molecule has 0 atom stereocenters. The Bertz CT molecular complexity index is 374. The Hall–Kier alpha value is -0.210. The molecule has 1 aromatic carbocycles. The van der Waals surface area contributed by atoms with Gasteiger partial charge in [-0.05, 0) is 51.0 Å². The molecule has 0 aromatic heterocycles. The van der Waals surface area contributed by atoms with Crippen molar-refractivity contribution in [2.45, 2.75) is 36.3 Å². The van der Waals surface area contributed by atoms with Crippen molar-refractivity contribution in [3.63, 3.8) is 0 Å². The predicted molar refractivity (Wildman–Crippen MR) is 71.4 cm³/mol. The molecule has 0 saturated heterocycles. The number of thioether (sulfide) groups is 1. The van der Waals surface area contributed by atoms with E-state index in [4.69, 9.17) is 0 Å². The summed E-state index contributed by atoms with van der Waals surface area (Å²) in [6, 6.07) is 8.61. The van der Waals surface area contributed by atoms with Gasteiger partial charge in [-0.3, -0.25) is 0 Å². The monoisotopic (exact) mass is 282 g/mol. The molecule has 1 aromatic rings. The van der Waals surface area contributed by atoms with Crippen molar-refractivity contribution in [3.8, 4) is 0 Å². The molecule has 0 nitrogen and oxygen atoms in total. The van der Waals surface area contributed by atoms with E-state index in [9.17, 15) is 0 Å². The summed E-state index contributed by atoms with van der Waals surface area (Å²) in [5, 5.41) is 0. The maximum Gasteiger partial charge on any atom is 0.0413 e. The summed E-state index contributed by atoms with van der Waals surface area (Å²) in [6.07, 6.45) is 4.90. The van der Waals surface area contributed by atoms with Gasteiger partial charge in [0.2, 0.25) is 0 Å². The average molecular weight is 283 g/mol. The molecule has 0 heterocycles. The van der Waals surface area contributed by atoms with Crippen molar-refractivity contribution < 1.29 is 0 Å². The highest BCUT2D eigenvalue weighted by atomic mass is 79.9. The zero-order valence-electron chi connectivity index (χ0n) is 9.09. The molecule has 0 amide bonds. The molecule has 0 bridgehead atoms. The second kappa shape index (κ2) is 4.34. The third-order valence-corrected chi connectivity index (χ3v) is 5.14. The second-order valence-corrected chi connectivity index (χ2v) is 6.39. The van der Waals surface area contributed by atoms with Gasteiger partial charge in [0.1, 0.15) is 0 Å². The van der Waals surface area contributed by atoms with Crippen LogP contribution in [0.4, 0.5) is 0 Å². The number of benzene rings is 1. The molecule has 0 spiro atoms. The van der Waals surface area contributed by atoms with E-state index >= 15 is 0 Å². The van der Waals surface area contributed by atoms with E-state index in [1.54, 1.807) is 0 Å². The molecule has 2 rings (SSSR count). The normalized spacial score (nSPS) is 19.0. The van der Waals surface area contributed by atoms with E-state index in [1.807, 2.05) is 11.8 Å². The summed E-state index contributed by atoms with van der Waals surface area (Å²) in [5.41, 5.74) is 1.52. The highest BCUT2D eigenvalue weighted by Gasteiger charge is 2.44. The number of halogens is 1. The Balaban J connectivity index is 2.12. The van der Waals surface area contributed by atoms with Crippen LogP contribution in [0.2, 0.25) is 0 Å². The second-order valence-electron chi connectivity index (χ2n) is 4.02. The fraction of sp³-hybridized carbons (Fsp3) is 0.385. The first-order valence-corrected chi connectivity index (χ1v) is 6.85. The van der Waals surface area contributed by atoms with Crippen LogP contribution in [0.3, 0.4) is 0 Å². The average Bonchev–Trinajstić information content (AvgIpc) is 3.01. The lowest BCUT2D eigenvalue weighted by Crippen LogP contribution is -2.03. The van der Waals surface area contributed by atoms with E-state index in [2.05, 4.69) is 60.1 Å². The number of allylic oxidation sites excluding steroid dienone is 1. The first-order valence-electron chi connectivity index (χ1n) is 5.24. The Labute approximate surface area is 104 Å². The van der Waals surface area contributed by atoms with Gasteiger partial charge in [-0.25, -0.2) is 0 Å². The summed E-state index contributed by atoms with van der Waals surface area (Å²) < 4.78 is 1.57. The Morgan fingerprint density at radius 2 is 1.93 bits per heavy atom. The smallest absolute Gasteiger partial charge is 0.0413 e. The molecule has 0 unspecified atom stereocenters. The van der Waals surface area contributed by atoms with Crippen LogP contribution < -0.4 is 0 Å². The minimum absolute atomic E-state index is 0.419. The van der Waals surface area contributed by atoms with Crippen molar-refractivity contribution in [2.75, 3.05) is 0 Å². The van der Waals surface area contributed by atoms with Crippen molar-refractivity contribution in [1.29, 1.82) is 0 Å². The van der Waals surface area contributed by atoms with Crippen LogP contribution in [0.5, 0.6) is 0 Å². The largest absolute Gasteiger partial charge is 0.115 e. The van der Waals surface area contributed by atoms with Crippen molar-refractivity contribution in [2.24, 2.45) is 0 Å². The maximum absolute atomic E-state index is 3.46. The van der Waals surface area contributed by atoms with E-state index in [0.29, 0.717) is 4.75 Å². The summed E-state index contributed by atoms with van der Waals surface area (Å²) >= 11 is 5.47. The van der Waals surface area contributed by atoms with Crippen LogP contribution in [-0.4, -0.2) is 4.75 Å². The fourth-order valence-electron chi connectivity index (χ4n) is 1.68. The van der Waals surface area contributed by atoms with Crippen LogP contribution in [0.1, 0.15) is 26.7 Å². The summed E-state index contributed by atoms with van der Waals surface area (Å²) in [4.78, 5) is 1.37. The molecule has 15 heavy (non-hydrogen) atoms. The molecule has 0 aliphatic heterocycles.